The highest BCUT2D eigenvalue weighted by Crippen LogP contribution is 2.23. The fourth-order valence-electron chi connectivity index (χ4n) is 2.53. The monoisotopic (exact) mass is 321 g/mol. The molecule has 0 aliphatic rings. The second-order valence-corrected chi connectivity index (χ2v) is 6.84. The Bertz CT molecular complexity index is 796. The number of carbonyl (C=O) groups is 1. The summed E-state index contributed by atoms with van der Waals surface area (Å²) in [5.74, 6) is 0.0618. The SMILES string of the molecule is CC(Sc1ccccc1)C(=O)NCc1cccc2ccccc12. The van der Waals surface area contributed by atoms with E-state index in [1.165, 1.54) is 10.8 Å². The van der Waals surface area contributed by atoms with Crippen LogP contribution in [0.15, 0.2) is 77.7 Å². The summed E-state index contributed by atoms with van der Waals surface area (Å²) >= 11 is 1.58. The summed E-state index contributed by atoms with van der Waals surface area (Å²) < 4.78 is 0. The molecule has 1 N–H and O–H groups in total. The standard InChI is InChI=1S/C20H19NOS/c1-15(23-18-11-3-2-4-12-18)20(22)21-14-17-10-7-9-16-8-5-6-13-19(16)17/h2-13,15H,14H2,1H3,(H,21,22). The summed E-state index contributed by atoms with van der Waals surface area (Å²) in [6.45, 7) is 2.50. The first-order valence-electron chi connectivity index (χ1n) is 7.70. The largest absolute Gasteiger partial charge is 0.351 e. The summed E-state index contributed by atoms with van der Waals surface area (Å²) in [6.07, 6.45) is 0. The molecule has 1 atom stereocenters. The van der Waals surface area contributed by atoms with Gasteiger partial charge in [-0.25, -0.2) is 0 Å². The van der Waals surface area contributed by atoms with Crippen molar-refractivity contribution in [2.45, 2.75) is 23.6 Å². The van der Waals surface area contributed by atoms with Gasteiger partial charge < -0.3 is 5.32 Å². The lowest BCUT2D eigenvalue weighted by molar-refractivity contribution is -0.120. The third kappa shape index (κ3) is 3.93. The van der Waals surface area contributed by atoms with Gasteiger partial charge in [0.1, 0.15) is 0 Å². The van der Waals surface area contributed by atoms with E-state index in [4.69, 9.17) is 0 Å². The number of hydrogen-bond donors (Lipinski definition) is 1. The molecule has 2 nitrogen and oxygen atoms in total. The smallest absolute Gasteiger partial charge is 0.233 e. The van der Waals surface area contributed by atoms with E-state index in [1.807, 2.05) is 55.5 Å². The number of amides is 1. The summed E-state index contributed by atoms with van der Waals surface area (Å²) in [6, 6.07) is 24.5. The highest BCUT2D eigenvalue weighted by Gasteiger charge is 2.14. The minimum absolute atomic E-state index is 0.0618. The Morgan fingerprint density at radius 2 is 1.65 bits per heavy atom. The fourth-order valence-corrected chi connectivity index (χ4v) is 3.44. The summed E-state index contributed by atoms with van der Waals surface area (Å²) in [7, 11) is 0. The van der Waals surface area contributed by atoms with Gasteiger partial charge >= 0.3 is 0 Å². The molecule has 0 saturated heterocycles. The zero-order valence-corrected chi connectivity index (χ0v) is 13.8. The summed E-state index contributed by atoms with van der Waals surface area (Å²) in [5.41, 5.74) is 1.15. The number of thioether (sulfide) groups is 1. The Labute approximate surface area is 140 Å². The van der Waals surface area contributed by atoms with Gasteiger partial charge in [0.25, 0.3) is 0 Å². The number of fused-ring (bicyclic) bond motifs is 1. The van der Waals surface area contributed by atoms with Crippen LogP contribution in [0.4, 0.5) is 0 Å². The summed E-state index contributed by atoms with van der Waals surface area (Å²) in [4.78, 5) is 13.4. The van der Waals surface area contributed by atoms with E-state index in [0.29, 0.717) is 6.54 Å². The number of benzene rings is 3. The van der Waals surface area contributed by atoms with E-state index in [0.717, 1.165) is 10.5 Å². The molecule has 0 spiro atoms. The van der Waals surface area contributed by atoms with Crippen molar-refractivity contribution >= 4 is 28.4 Å². The van der Waals surface area contributed by atoms with Crippen molar-refractivity contribution in [3.05, 3.63) is 78.4 Å². The minimum Gasteiger partial charge on any atom is -0.351 e. The molecule has 0 saturated carbocycles. The molecule has 3 rings (SSSR count). The van der Waals surface area contributed by atoms with Crippen LogP contribution >= 0.6 is 11.8 Å². The van der Waals surface area contributed by atoms with Crippen molar-refractivity contribution in [2.24, 2.45) is 0 Å². The van der Waals surface area contributed by atoms with E-state index in [9.17, 15) is 4.79 Å². The zero-order valence-electron chi connectivity index (χ0n) is 13.0. The molecule has 0 bridgehead atoms. The van der Waals surface area contributed by atoms with Crippen LogP contribution in [-0.4, -0.2) is 11.2 Å². The maximum atomic E-state index is 12.3. The Hall–Kier alpha value is -2.26. The molecule has 0 radical (unpaired) electrons. The minimum atomic E-state index is -0.118. The Kier molecular flexibility index (Phi) is 4.99. The van der Waals surface area contributed by atoms with Crippen molar-refractivity contribution in [1.82, 2.24) is 5.32 Å². The molecule has 1 amide bonds. The first kappa shape index (κ1) is 15.6. The topological polar surface area (TPSA) is 29.1 Å². The van der Waals surface area contributed by atoms with Gasteiger partial charge in [-0.2, -0.15) is 0 Å². The molecular weight excluding hydrogens is 302 g/mol. The number of rotatable bonds is 5. The van der Waals surface area contributed by atoms with Crippen LogP contribution in [0.25, 0.3) is 10.8 Å². The van der Waals surface area contributed by atoms with Gasteiger partial charge in [-0.1, -0.05) is 60.7 Å². The normalized spacial score (nSPS) is 12.0. The van der Waals surface area contributed by atoms with Crippen molar-refractivity contribution in [1.29, 1.82) is 0 Å². The van der Waals surface area contributed by atoms with E-state index in [1.54, 1.807) is 11.8 Å². The van der Waals surface area contributed by atoms with E-state index in [-0.39, 0.29) is 11.2 Å². The average molecular weight is 321 g/mol. The predicted molar refractivity (Wildman–Crippen MR) is 97.6 cm³/mol. The van der Waals surface area contributed by atoms with Crippen molar-refractivity contribution < 1.29 is 4.79 Å². The second-order valence-electron chi connectivity index (χ2n) is 5.43. The molecule has 116 valence electrons. The van der Waals surface area contributed by atoms with Crippen LogP contribution in [0.2, 0.25) is 0 Å². The fraction of sp³-hybridized carbons (Fsp3) is 0.150. The maximum absolute atomic E-state index is 12.3. The Morgan fingerprint density at radius 1 is 0.957 bits per heavy atom. The first-order valence-corrected chi connectivity index (χ1v) is 8.58. The van der Waals surface area contributed by atoms with Gasteiger partial charge in [0.15, 0.2) is 0 Å². The van der Waals surface area contributed by atoms with Crippen molar-refractivity contribution in [2.75, 3.05) is 0 Å². The molecule has 0 aliphatic carbocycles. The van der Waals surface area contributed by atoms with Gasteiger partial charge in [-0.05, 0) is 35.4 Å². The van der Waals surface area contributed by atoms with Crippen LogP contribution in [-0.2, 0) is 11.3 Å². The molecular formula is C20H19NOS. The zero-order chi connectivity index (χ0) is 16.1. The lowest BCUT2D eigenvalue weighted by atomic mass is 10.0. The van der Waals surface area contributed by atoms with Gasteiger partial charge in [-0.3, -0.25) is 4.79 Å². The summed E-state index contributed by atoms with van der Waals surface area (Å²) in [5, 5.41) is 5.33. The molecule has 3 aromatic rings. The molecule has 3 aromatic carbocycles. The Balaban J connectivity index is 1.64. The molecule has 0 aromatic heterocycles. The average Bonchev–Trinajstić information content (AvgIpc) is 2.60. The van der Waals surface area contributed by atoms with Crippen molar-refractivity contribution in [3.63, 3.8) is 0 Å². The van der Waals surface area contributed by atoms with Crippen LogP contribution in [0.5, 0.6) is 0 Å². The van der Waals surface area contributed by atoms with E-state index in [2.05, 4.69) is 29.6 Å². The molecule has 0 heterocycles. The van der Waals surface area contributed by atoms with Gasteiger partial charge in [0.05, 0.1) is 5.25 Å². The highest BCUT2D eigenvalue weighted by atomic mass is 32.2. The van der Waals surface area contributed by atoms with Crippen LogP contribution in [0.1, 0.15) is 12.5 Å². The van der Waals surface area contributed by atoms with Gasteiger partial charge in [0, 0.05) is 11.4 Å². The second kappa shape index (κ2) is 7.34. The van der Waals surface area contributed by atoms with E-state index >= 15 is 0 Å². The molecule has 0 fully saturated rings. The quantitative estimate of drug-likeness (QED) is 0.694. The molecule has 0 aliphatic heterocycles. The molecule has 23 heavy (non-hydrogen) atoms. The van der Waals surface area contributed by atoms with Gasteiger partial charge in [0.2, 0.25) is 5.91 Å². The lowest BCUT2D eigenvalue weighted by Crippen LogP contribution is -2.30. The third-order valence-electron chi connectivity index (χ3n) is 3.76. The first-order chi connectivity index (χ1) is 11.2. The van der Waals surface area contributed by atoms with Crippen LogP contribution < -0.4 is 5.32 Å². The van der Waals surface area contributed by atoms with Crippen LogP contribution in [0.3, 0.4) is 0 Å². The number of nitrogens with one attached hydrogen (secondary N) is 1. The number of hydrogen-bond acceptors (Lipinski definition) is 2. The molecule has 3 heteroatoms. The predicted octanol–water partition coefficient (Wildman–Crippen LogP) is 4.64. The maximum Gasteiger partial charge on any atom is 0.233 e. The number of carbonyl (C=O) groups excluding carboxylic acids is 1. The third-order valence-corrected chi connectivity index (χ3v) is 4.87. The van der Waals surface area contributed by atoms with Gasteiger partial charge in [-0.15, -0.1) is 11.8 Å². The molecule has 1 unspecified atom stereocenters. The van der Waals surface area contributed by atoms with Crippen LogP contribution in [0, 0.1) is 0 Å². The highest BCUT2D eigenvalue weighted by molar-refractivity contribution is 8.00. The lowest BCUT2D eigenvalue weighted by Gasteiger charge is -2.13. The van der Waals surface area contributed by atoms with Crippen molar-refractivity contribution in [3.8, 4) is 0 Å². The Morgan fingerprint density at radius 3 is 2.48 bits per heavy atom. The van der Waals surface area contributed by atoms with E-state index < -0.39 is 0 Å².